The summed E-state index contributed by atoms with van der Waals surface area (Å²) in [5, 5.41) is 13.7. The lowest BCUT2D eigenvalue weighted by molar-refractivity contribution is -0.117. The van der Waals surface area contributed by atoms with Gasteiger partial charge in [-0.25, -0.2) is 0 Å². The summed E-state index contributed by atoms with van der Waals surface area (Å²) in [4.78, 5) is 34.8. The van der Waals surface area contributed by atoms with Crippen LogP contribution in [0, 0.1) is 0 Å². The molecule has 24 heavy (non-hydrogen) atoms. The largest absolute Gasteiger partial charge is 0.394 e. The summed E-state index contributed by atoms with van der Waals surface area (Å²) >= 11 is 3.03. The zero-order valence-electron chi connectivity index (χ0n) is 13.2. The standard InChI is InChI=1S/C16H19BrN2O5/c1-11(21)12-2-4-13(5-3-12)19-15(22)10-14(17)16(23)18-6-8-24-9-7-20/h2-5,10,20H,6-9H2,1H3,(H,18,23)(H,19,22)/b14-10+. The fourth-order valence-corrected chi connectivity index (χ4v) is 1.98. The van der Waals surface area contributed by atoms with E-state index in [2.05, 4.69) is 26.6 Å². The normalized spacial score (nSPS) is 11.0. The van der Waals surface area contributed by atoms with E-state index in [1.165, 1.54) is 6.92 Å². The average Bonchev–Trinajstić information content (AvgIpc) is 2.54. The molecule has 130 valence electrons. The molecule has 0 spiro atoms. The lowest BCUT2D eigenvalue weighted by Crippen LogP contribution is -2.28. The van der Waals surface area contributed by atoms with Crippen LogP contribution in [0.5, 0.6) is 0 Å². The summed E-state index contributed by atoms with van der Waals surface area (Å²) in [6, 6.07) is 6.43. The van der Waals surface area contributed by atoms with Gasteiger partial charge in [-0.2, -0.15) is 0 Å². The summed E-state index contributed by atoms with van der Waals surface area (Å²) < 4.78 is 5.07. The predicted molar refractivity (Wildman–Crippen MR) is 93.0 cm³/mol. The van der Waals surface area contributed by atoms with E-state index in [0.717, 1.165) is 6.08 Å². The van der Waals surface area contributed by atoms with Gasteiger partial charge in [-0.15, -0.1) is 0 Å². The van der Waals surface area contributed by atoms with E-state index < -0.39 is 11.8 Å². The number of aliphatic hydroxyl groups excluding tert-OH is 1. The molecule has 0 radical (unpaired) electrons. The number of hydrogen-bond donors (Lipinski definition) is 3. The van der Waals surface area contributed by atoms with Crippen LogP contribution in [0.1, 0.15) is 17.3 Å². The fourth-order valence-electron chi connectivity index (χ4n) is 1.64. The number of Topliss-reactive ketones (excluding diaryl/α,β-unsaturated/α-hetero) is 1. The second-order valence-electron chi connectivity index (χ2n) is 4.71. The first-order valence-corrected chi connectivity index (χ1v) is 7.99. The van der Waals surface area contributed by atoms with Gasteiger partial charge >= 0.3 is 0 Å². The second kappa shape index (κ2) is 10.7. The fraction of sp³-hybridized carbons (Fsp3) is 0.312. The van der Waals surface area contributed by atoms with Gasteiger partial charge in [-0.05, 0) is 47.1 Å². The molecule has 1 aromatic rings. The maximum Gasteiger partial charge on any atom is 0.258 e. The smallest absolute Gasteiger partial charge is 0.258 e. The van der Waals surface area contributed by atoms with Gasteiger partial charge < -0.3 is 20.5 Å². The molecule has 0 aromatic heterocycles. The number of halogens is 1. The maximum absolute atomic E-state index is 11.8. The number of ketones is 1. The molecule has 1 aromatic carbocycles. The number of aliphatic hydroxyl groups is 1. The van der Waals surface area contributed by atoms with E-state index in [9.17, 15) is 14.4 Å². The van der Waals surface area contributed by atoms with Crippen molar-refractivity contribution in [2.75, 3.05) is 31.7 Å². The van der Waals surface area contributed by atoms with Crippen LogP contribution >= 0.6 is 15.9 Å². The second-order valence-corrected chi connectivity index (χ2v) is 5.56. The van der Waals surface area contributed by atoms with Crippen molar-refractivity contribution in [1.29, 1.82) is 0 Å². The minimum Gasteiger partial charge on any atom is -0.394 e. The van der Waals surface area contributed by atoms with Crippen LogP contribution < -0.4 is 10.6 Å². The molecule has 0 saturated carbocycles. The highest BCUT2D eigenvalue weighted by atomic mass is 79.9. The Kier molecular flexibility index (Phi) is 8.92. The number of ether oxygens (including phenoxy) is 1. The Morgan fingerprint density at radius 2 is 1.88 bits per heavy atom. The van der Waals surface area contributed by atoms with Gasteiger partial charge in [0.15, 0.2) is 5.78 Å². The van der Waals surface area contributed by atoms with Crippen LogP contribution in [0.25, 0.3) is 0 Å². The molecule has 3 N–H and O–H groups in total. The molecule has 0 fully saturated rings. The van der Waals surface area contributed by atoms with E-state index >= 15 is 0 Å². The van der Waals surface area contributed by atoms with Crippen molar-refractivity contribution >= 4 is 39.2 Å². The first kappa shape index (κ1) is 20.0. The van der Waals surface area contributed by atoms with Gasteiger partial charge in [0.1, 0.15) is 0 Å². The molecule has 1 rings (SSSR count). The third kappa shape index (κ3) is 7.49. The summed E-state index contributed by atoms with van der Waals surface area (Å²) in [7, 11) is 0. The van der Waals surface area contributed by atoms with Crippen molar-refractivity contribution in [2.24, 2.45) is 0 Å². The third-order valence-electron chi connectivity index (χ3n) is 2.80. The topological polar surface area (TPSA) is 105 Å². The van der Waals surface area contributed by atoms with Crippen molar-refractivity contribution in [3.8, 4) is 0 Å². The maximum atomic E-state index is 11.8. The Bertz CT molecular complexity index is 613. The number of benzene rings is 1. The molecule has 0 saturated heterocycles. The number of amides is 2. The average molecular weight is 399 g/mol. The Hall–Kier alpha value is -2.03. The van der Waals surface area contributed by atoms with Gasteiger partial charge in [0.25, 0.3) is 5.91 Å². The molecule has 0 heterocycles. The van der Waals surface area contributed by atoms with E-state index in [1.807, 2.05) is 0 Å². The van der Waals surface area contributed by atoms with Gasteiger partial charge in [0.2, 0.25) is 5.91 Å². The Morgan fingerprint density at radius 1 is 1.21 bits per heavy atom. The number of carbonyl (C=O) groups excluding carboxylic acids is 3. The van der Waals surface area contributed by atoms with Crippen molar-refractivity contribution in [2.45, 2.75) is 6.92 Å². The van der Waals surface area contributed by atoms with Crippen LogP contribution in [-0.2, 0) is 14.3 Å². The molecule has 7 nitrogen and oxygen atoms in total. The number of rotatable bonds is 9. The van der Waals surface area contributed by atoms with Crippen LogP contribution in [0.2, 0.25) is 0 Å². The molecule has 0 aliphatic rings. The zero-order chi connectivity index (χ0) is 17.9. The number of carbonyl (C=O) groups is 3. The SMILES string of the molecule is CC(=O)c1ccc(NC(=O)/C=C(/Br)C(=O)NCCOCCO)cc1. The molecule has 0 aliphatic heterocycles. The number of anilines is 1. The first-order valence-electron chi connectivity index (χ1n) is 7.20. The van der Waals surface area contributed by atoms with Crippen LogP contribution in [0.15, 0.2) is 34.8 Å². The molecular formula is C16H19BrN2O5. The summed E-state index contributed by atoms with van der Waals surface area (Å²) in [6.45, 7) is 2.11. The molecule has 0 unspecified atom stereocenters. The minimum atomic E-state index is -0.482. The quantitative estimate of drug-likeness (QED) is 0.329. The van der Waals surface area contributed by atoms with Gasteiger partial charge in [0, 0.05) is 23.9 Å². The van der Waals surface area contributed by atoms with Gasteiger partial charge in [0.05, 0.1) is 24.3 Å². The van der Waals surface area contributed by atoms with E-state index in [4.69, 9.17) is 9.84 Å². The molecular weight excluding hydrogens is 380 g/mol. The predicted octanol–water partition coefficient (Wildman–Crippen LogP) is 1.23. The summed E-state index contributed by atoms with van der Waals surface area (Å²) in [5.41, 5.74) is 1.06. The Morgan fingerprint density at radius 3 is 2.46 bits per heavy atom. The van der Waals surface area contributed by atoms with E-state index in [-0.39, 0.29) is 36.6 Å². The molecule has 8 heteroatoms. The monoisotopic (exact) mass is 398 g/mol. The first-order chi connectivity index (χ1) is 11.4. The lowest BCUT2D eigenvalue weighted by Gasteiger charge is -2.06. The summed E-state index contributed by atoms with van der Waals surface area (Å²) in [5.74, 6) is -0.996. The number of hydrogen-bond acceptors (Lipinski definition) is 5. The highest BCUT2D eigenvalue weighted by molar-refractivity contribution is 9.12. The van der Waals surface area contributed by atoms with Gasteiger partial charge in [-0.1, -0.05) is 0 Å². The highest BCUT2D eigenvalue weighted by Gasteiger charge is 2.08. The van der Waals surface area contributed by atoms with E-state index in [0.29, 0.717) is 11.3 Å². The van der Waals surface area contributed by atoms with Crippen molar-refractivity contribution < 1.29 is 24.2 Å². The summed E-state index contributed by atoms with van der Waals surface area (Å²) in [6.07, 6.45) is 1.11. The van der Waals surface area contributed by atoms with Crippen molar-refractivity contribution in [3.63, 3.8) is 0 Å². The minimum absolute atomic E-state index is 0.0600. The van der Waals surface area contributed by atoms with Crippen LogP contribution in [0.4, 0.5) is 5.69 Å². The Labute approximate surface area is 148 Å². The Balaban J connectivity index is 2.47. The van der Waals surface area contributed by atoms with Crippen LogP contribution in [0.3, 0.4) is 0 Å². The van der Waals surface area contributed by atoms with E-state index in [1.54, 1.807) is 24.3 Å². The lowest BCUT2D eigenvalue weighted by atomic mass is 10.1. The molecule has 0 bridgehead atoms. The zero-order valence-corrected chi connectivity index (χ0v) is 14.8. The third-order valence-corrected chi connectivity index (χ3v) is 3.39. The number of nitrogens with one attached hydrogen (secondary N) is 2. The van der Waals surface area contributed by atoms with Crippen molar-refractivity contribution in [3.05, 3.63) is 40.4 Å². The van der Waals surface area contributed by atoms with Gasteiger partial charge in [-0.3, -0.25) is 14.4 Å². The molecule has 2 amide bonds. The molecule has 0 aliphatic carbocycles. The van der Waals surface area contributed by atoms with Crippen LogP contribution in [-0.4, -0.2) is 49.1 Å². The van der Waals surface area contributed by atoms with Crippen molar-refractivity contribution in [1.82, 2.24) is 5.32 Å². The highest BCUT2D eigenvalue weighted by Crippen LogP contribution is 2.11. The molecule has 0 atom stereocenters.